The Morgan fingerprint density at radius 3 is 2.35 bits per heavy atom. The van der Waals surface area contributed by atoms with Crippen LogP contribution >= 0.6 is 0 Å². The molecule has 3 nitrogen and oxygen atoms in total. The Hall–Kier alpha value is -2.65. The number of carboxylic acid groups (broad SMARTS) is 1. The molecule has 0 aliphatic carbocycles. The first kappa shape index (κ1) is 18.2. The van der Waals surface area contributed by atoms with Crippen LogP contribution in [-0.2, 0) is 16.8 Å². The molecular formula is C23H25NO2. The smallest absolute Gasteiger partial charge is 0.313 e. The molecule has 0 aromatic heterocycles. The largest absolute Gasteiger partial charge is 0.481 e. The van der Waals surface area contributed by atoms with Crippen molar-refractivity contribution >= 4 is 16.7 Å². The number of rotatable bonds is 6. The summed E-state index contributed by atoms with van der Waals surface area (Å²) in [7, 11) is 0. The van der Waals surface area contributed by atoms with E-state index in [0.29, 0.717) is 0 Å². The Labute approximate surface area is 154 Å². The van der Waals surface area contributed by atoms with E-state index in [1.165, 1.54) is 16.3 Å². The minimum atomic E-state index is -0.873. The third-order valence-electron chi connectivity index (χ3n) is 5.11. The lowest BCUT2D eigenvalue weighted by atomic mass is 9.84. The summed E-state index contributed by atoms with van der Waals surface area (Å²) >= 11 is 0. The topological polar surface area (TPSA) is 49.3 Å². The molecule has 1 atom stereocenters. The lowest BCUT2D eigenvalue weighted by molar-refractivity contribution is -0.142. The summed E-state index contributed by atoms with van der Waals surface area (Å²) in [5.41, 5.74) is 2.37. The van der Waals surface area contributed by atoms with Gasteiger partial charge in [0, 0.05) is 12.6 Å². The van der Waals surface area contributed by atoms with Gasteiger partial charge in [-0.25, -0.2) is 0 Å². The Bertz CT molecular complexity index is 908. The lowest BCUT2D eigenvalue weighted by Gasteiger charge is -2.20. The Balaban J connectivity index is 1.71. The second kappa shape index (κ2) is 7.30. The van der Waals surface area contributed by atoms with E-state index in [-0.39, 0.29) is 6.04 Å². The van der Waals surface area contributed by atoms with Crippen LogP contribution in [0.25, 0.3) is 10.8 Å². The van der Waals surface area contributed by atoms with Gasteiger partial charge >= 0.3 is 5.97 Å². The number of nitrogens with one attached hydrogen (secondary N) is 1. The second-order valence-corrected chi connectivity index (χ2v) is 7.30. The first-order valence-corrected chi connectivity index (χ1v) is 8.93. The number of carbonyl (C=O) groups is 1. The molecule has 0 saturated carbocycles. The van der Waals surface area contributed by atoms with Crippen LogP contribution in [0.4, 0.5) is 0 Å². The van der Waals surface area contributed by atoms with E-state index in [2.05, 4.69) is 54.7 Å². The summed E-state index contributed by atoms with van der Waals surface area (Å²) in [5, 5.41) is 15.4. The molecule has 0 fully saturated rings. The lowest BCUT2D eigenvalue weighted by Crippen LogP contribution is -2.28. The number of benzene rings is 3. The third kappa shape index (κ3) is 3.63. The molecule has 3 aromatic carbocycles. The SMILES string of the molecule is C[C@@H](NCc1ccc(C(C)(C)C(=O)O)cc1)c1cccc2ccccc12. The highest BCUT2D eigenvalue weighted by Gasteiger charge is 2.29. The molecule has 0 bridgehead atoms. The van der Waals surface area contributed by atoms with Crippen molar-refractivity contribution in [1.82, 2.24) is 5.32 Å². The molecule has 0 aliphatic rings. The van der Waals surface area contributed by atoms with E-state index in [9.17, 15) is 9.90 Å². The highest BCUT2D eigenvalue weighted by Crippen LogP contribution is 2.25. The Kier molecular flexibility index (Phi) is 5.10. The number of aliphatic carboxylic acids is 1. The first-order valence-electron chi connectivity index (χ1n) is 8.93. The van der Waals surface area contributed by atoms with E-state index < -0.39 is 11.4 Å². The van der Waals surface area contributed by atoms with Crippen LogP contribution < -0.4 is 5.32 Å². The van der Waals surface area contributed by atoms with Crippen LogP contribution in [0.15, 0.2) is 66.7 Å². The highest BCUT2D eigenvalue weighted by atomic mass is 16.4. The van der Waals surface area contributed by atoms with Gasteiger partial charge < -0.3 is 10.4 Å². The predicted octanol–water partition coefficient (Wildman–Crippen LogP) is 5.05. The highest BCUT2D eigenvalue weighted by molar-refractivity contribution is 5.86. The summed E-state index contributed by atoms with van der Waals surface area (Å²) in [6.45, 7) is 6.36. The number of hydrogen-bond acceptors (Lipinski definition) is 2. The molecule has 3 heteroatoms. The summed E-state index contributed by atoms with van der Waals surface area (Å²) in [6, 6.07) is 22.9. The van der Waals surface area contributed by atoms with Gasteiger partial charge in [-0.3, -0.25) is 4.79 Å². The molecule has 26 heavy (non-hydrogen) atoms. The van der Waals surface area contributed by atoms with Crippen LogP contribution in [0.2, 0.25) is 0 Å². The fourth-order valence-electron chi connectivity index (χ4n) is 3.17. The van der Waals surface area contributed by atoms with Crippen molar-refractivity contribution < 1.29 is 9.90 Å². The summed E-state index contributed by atoms with van der Waals surface area (Å²) in [4.78, 5) is 11.4. The second-order valence-electron chi connectivity index (χ2n) is 7.30. The molecule has 134 valence electrons. The predicted molar refractivity (Wildman–Crippen MR) is 106 cm³/mol. The van der Waals surface area contributed by atoms with Gasteiger partial charge in [-0.15, -0.1) is 0 Å². The number of hydrogen-bond donors (Lipinski definition) is 2. The summed E-state index contributed by atoms with van der Waals surface area (Å²) in [6.07, 6.45) is 0. The van der Waals surface area contributed by atoms with Crippen molar-refractivity contribution in [1.29, 1.82) is 0 Å². The quantitative estimate of drug-likeness (QED) is 0.656. The van der Waals surface area contributed by atoms with Crippen molar-refractivity contribution in [3.8, 4) is 0 Å². The van der Waals surface area contributed by atoms with Gasteiger partial charge in [-0.1, -0.05) is 66.7 Å². The zero-order chi connectivity index (χ0) is 18.7. The summed E-state index contributed by atoms with van der Waals surface area (Å²) < 4.78 is 0. The molecule has 3 rings (SSSR count). The van der Waals surface area contributed by atoms with E-state index in [1.807, 2.05) is 24.3 Å². The molecule has 3 aromatic rings. The van der Waals surface area contributed by atoms with Crippen LogP contribution in [0.3, 0.4) is 0 Å². The monoisotopic (exact) mass is 347 g/mol. The third-order valence-corrected chi connectivity index (χ3v) is 5.11. The standard InChI is InChI=1S/C23H25NO2/c1-16(20-10-6-8-18-7-4-5-9-21(18)20)24-15-17-11-13-19(14-12-17)23(2,3)22(25)26/h4-14,16,24H,15H2,1-3H3,(H,25,26)/t16-/m1/s1. The van der Waals surface area contributed by atoms with E-state index in [4.69, 9.17) is 0 Å². The van der Waals surface area contributed by atoms with Gasteiger partial charge in [0.25, 0.3) is 0 Å². The van der Waals surface area contributed by atoms with Crippen molar-refractivity contribution in [2.45, 2.75) is 38.8 Å². The average Bonchev–Trinajstić information content (AvgIpc) is 2.66. The van der Waals surface area contributed by atoms with Gasteiger partial charge in [-0.05, 0) is 48.2 Å². The maximum absolute atomic E-state index is 11.4. The minimum absolute atomic E-state index is 0.219. The van der Waals surface area contributed by atoms with E-state index in [1.54, 1.807) is 13.8 Å². The Morgan fingerprint density at radius 2 is 1.65 bits per heavy atom. The van der Waals surface area contributed by atoms with E-state index >= 15 is 0 Å². The molecule has 0 saturated heterocycles. The van der Waals surface area contributed by atoms with Crippen molar-refractivity contribution in [3.63, 3.8) is 0 Å². The molecule has 0 unspecified atom stereocenters. The van der Waals surface area contributed by atoms with E-state index in [0.717, 1.165) is 17.7 Å². The minimum Gasteiger partial charge on any atom is -0.481 e. The first-order chi connectivity index (χ1) is 12.4. The Morgan fingerprint density at radius 1 is 1.00 bits per heavy atom. The molecule has 0 spiro atoms. The van der Waals surface area contributed by atoms with Gasteiger partial charge in [0.15, 0.2) is 0 Å². The molecule has 0 amide bonds. The van der Waals surface area contributed by atoms with Crippen molar-refractivity contribution in [3.05, 3.63) is 83.4 Å². The van der Waals surface area contributed by atoms with Crippen LogP contribution in [0.1, 0.15) is 43.5 Å². The van der Waals surface area contributed by atoms with Gasteiger partial charge in [0.1, 0.15) is 0 Å². The zero-order valence-corrected chi connectivity index (χ0v) is 15.5. The number of fused-ring (bicyclic) bond motifs is 1. The van der Waals surface area contributed by atoms with Crippen LogP contribution in [-0.4, -0.2) is 11.1 Å². The van der Waals surface area contributed by atoms with Crippen LogP contribution in [0, 0.1) is 0 Å². The molecular weight excluding hydrogens is 322 g/mol. The zero-order valence-electron chi connectivity index (χ0n) is 15.5. The molecule has 0 aliphatic heterocycles. The number of carboxylic acids is 1. The van der Waals surface area contributed by atoms with Crippen LogP contribution in [0.5, 0.6) is 0 Å². The van der Waals surface area contributed by atoms with Crippen molar-refractivity contribution in [2.24, 2.45) is 0 Å². The van der Waals surface area contributed by atoms with Crippen molar-refractivity contribution in [2.75, 3.05) is 0 Å². The molecule has 0 radical (unpaired) electrons. The molecule has 2 N–H and O–H groups in total. The maximum atomic E-state index is 11.4. The normalized spacial score (nSPS) is 12.9. The molecule has 0 heterocycles. The van der Waals surface area contributed by atoms with Gasteiger partial charge in [-0.2, -0.15) is 0 Å². The fraction of sp³-hybridized carbons (Fsp3) is 0.261. The summed E-state index contributed by atoms with van der Waals surface area (Å²) in [5.74, 6) is -0.812. The van der Waals surface area contributed by atoms with Gasteiger partial charge in [0.05, 0.1) is 5.41 Å². The van der Waals surface area contributed by atoms with Gasteiger partial charge in [0.2, 0.25) is 0 Å². The maximum Gasteiger partial charge on any atom is 0.313 e. The average molecular weight is 347 g/mol. The fourth-order valence-corrected chi connectivity index (χ4v) is 3.17.